The summed E-state index contributed by atoms with van der Waals surface area (Å²) in [4.78, 5) is 10.9. The second kappa shape index (κ2) is 4.60. The van der Waals surface area contributed by atoms with Crippen LogP contribution in [0.2, 0.25) is 5.02 Å². The zero-order valence-corrected chi connectivity index (χ0v) is 9.24. The topological polar surface area (TPSA) is 55.1 Å². The molecular formula is C9H6ClF5N2O. The fourth-order valence-electron chi connectivity index (χ4n) is 0.966. The number of hydrogen-bond acceptors (Lipinski definition) is 2. The van der Waals surface area contributed by atoms with Gasteiger partial charge in [-0.15, -0.1) is 0 Å². The van der Waals surface area contributed by atoms with Gasteiger partial charge in [0.2, 0.25) is 0 Å². The number of halogens is 6. The van der Waals surface area contributed by atoms with Crippen molar-refractivity contribution in [2.75, 3.05) is 11.1 Å². The van der Waals surface area contributed by atoms with Gasteiger partial charge in [-0.2, -0.15) is 22.0 Å². The van der Waals surface area contributed by atoms with Crippen LogP contribution in [0.1, 0.15) is 0 Å². The molecule has 3 N–H and O–H groups in total. The third kappa shape index (κ3) is 2.81. The van der Waals surface area contributed by atoms with Gasteiger partial charge in [0.05, 0.1) is 11.4 Å². The van der Waals surface area contributed by atoms with E-state index >= 15 is 0 Å². The van der Waals surface area contributed by atoms with Crippen LogP contribution in [0.5, 0.6) is 0 Å². The monoisotopic (exact) mass is 288 g/mol. The van der Waals surface area contributed by atoms with E-state index in [1.54, 1.807) is 0 Å². The van der Waals surface area contributed by atoms with E-state index in [1.165, 1.54) is 11.4 Å². The SMILES string of the molecule is Nc1ccc(Cl)cc1NC(=O)C(F)(F)C(F)(F)F. The molecule has 0 saturated heterocycles. The molecule has 1 aromatic carbocycles. The highest BCUT2D eigenvalue weighted by molar-refractivity contribution is 6.31. The van der Waals surface area contributed by atoms with Crippen molar-refractivity contribution in [1.29, 1.82) is 0 Å². The van der Waals surface area contributed by atoms with Gasteiger partial charge in [0.1, 0.15) is 0 Å². The molecule has 100 valence electrons. The van der Waals surface area contributed by atoms with E-state index in [1.807, 2.05) is 0 Å². The number of carbonyl (C=O) groups excluding carboxylic acids is 1. The molecule has 0 aliphatic rings. The lowest BCUT2D eigenvalue weighted by molar-refractivity contribution is -0.267. The lowest BCUT2D eigenvalue weighted by Crippen LogP contribution is -2.47. The Balaban J connectivity index is 2.98. The smallest absolute Gasteiger partial charge is 0.397 e. The Hall–Kier alpha value is -1.57. The molecule has 0 bridgehead atoms. The Morgan fingerprint density at radius 2 is 1.78 bits per heavy atom. The highest BCUT2D eigenvalue weighted by atomic mass is 35.5. The molecule has 0 spiro atoms. The Labute approximate surface area is 103 Å². The molecule has 9 heteroatoms. The maximum absolute atomic E-state index is 12.6. The minimum Gasteiger partial charge on any atom is -0.397 e. The quantitative estimate of drug-likeness (QED) is 0.649. The van der Waals surface area contributed by atoms with Gasteiger partial charge in [0, 0.05) is 5.02 Å². The van der Waals surface area contributed by atoms with Crippen LogP contribution in [0.4, 0.5) is 33.3 Å². The maximum atomic E-state index is 12.6. The van der Waals surface area contributed by atoms with Crippen molar-refractivity contribution in [3.8, 4) is 0 Å². The van der Waals surface area contributed by atoms with Gasteiger partial charge in [-0.1, -0.05) is 11.6 Å². The minimum absolute atomic E-state index is 0.0230. The van der Waals surface area contributed by atoms with E-state index in [4.69, 9.17) is 17.3 Å². The average molecular weight is 289 g/mol. The molecule has 1 rings (SSSR count). The summed E-state index contributed by atoms with van der Waals surface area (Å²) in [6.07, 6.45) is -5.98. The first-order chi connectivity index (χ1) is 8.05. The first kappa shape index (κ1) is 14.5. The molecule has 0 atom stereocenters. The van der Waals surface area contributed by atoms with E-state index in [0.29, 0.717) is 0 Å². The molecule has 3 nitrogen and oxygen atoms in total. The molecule has 1 aromatic rings. The second-order valence-corrected chi connectivity index (χ2v) is 3.69. The third-order valence-corrected chi connectivity index (χ3v) is 2.14. The third-order valence-electron chi connectivity index (χ3n) is 1.90. The predicted octanol–water partition coefficient (Wildman–Crippen LogP) is 3.06. The van der Waals surface area contributed by atoms with E-state index in [0.717, 1.165) is 12.1 Å². The van der Waals surface area contributed by atoms with Gasteiger partial charge in [-0.3, -0.25) is 4.79 Å². The van der Waals surface area contributed by atoms with Gasteiger partial charge in [-0.25, -0.2) is 0 Å². The largest absolute Gasteiger partial charge is 0.463 e. The van der Waals surface area contributed by atoms with Crippen LogP contribution in [0, 0.1) is 0 Å². The molecular weight excluding hydrogens is 283 g/mol. The van der Waals surface area contributed by atoms with Crippen LogP contribution in [-0.2, 0) is 4.79 Å². The first-order valence-electron chi connectivity index (χ1n) is 4.36. The minimum atomic E-state index is -5.98. The van der Waals surface area contributed by atoms with Crippen LogP contribution < -0.4 is 11.1 Å². The standard InChI is InChI=1S/C9H6ClF5N2O/c10-4-1-2-5(16)6(3-4)17-7(18)8(11,12)9(13,14)15/h1-3H,16H2,(H,17,18). The van der Waals surface area contributed by atoms with Gasteiger partial charge >= 0.3 is 18.0 Å². The normalized spacial score (nSPS) is 12.3. The molecule has 0 unspecified atom stereocenters. The van der Waals surface area contributed by atoms with Gasteiger partial charge < -0.3 is 11.1 Å². The van der Waals surface area contributed by atoms with E-state index in [2.05, 4.69) is 0 Å². The van der Waals surface area contributed by atoms with Crippen molar-refractivity contribution in [3.63, 3.8) is 0 Å². The van der Waals surface area contributed by atoms with E-state index in [-0.39, 0.29) is 10.7 Å². The summed E-state index contributed by atoms with van der Waals surface area (Å²) in [5, 5.41) is 1.40. The lowest BCUT2D eigenvalue weighted by Gasteiger charge is -2.19. The van der Waals surface area contributed by atoms with Crippen LogP contribution in [-0.4, -0.2) is 18.0 Å². The Kier molecular flexibility index (Phi) is 3.70. The van der Waals surface area contributed by atoms with Gasteiger partial charge in [-0.05, 0) is 18.2 Å². The molecule has 0 aliphatic carbocycles. The van der Waals surface area contributed by atoms with Crippen molar-refractivity contribution in [2.45, 2.75) is 12.1 Å². The van der Waals surface area contributed by atoms with Crippen molar-refractivity contribution in [1.82, 2.24) is 0 Å². The lowest BCUT2D eigenvalue weighted by atomic mass is 10.2. The average Bonchev–Trinajstić information content (AvgIpc) is 2.21. The number of carbonyl (C=O) groups is 1. The number of anilines is 2. The Morgan fingerprint density at radius 3 is 2.28 bits per heavy atom. The number of hydrogen-bond donors (Lipinski definition) is 2. The van der Waals surface area contributed by atoms with Crippen molar-refractivity contribution in [3.05, 3.63) is 23.2 Å². The number of nitrogens with one attached hydrogen (secondary N) is 1. The molecule has 0 aliphatic heterocycles. The molecule has 1 amide bonds. The maximum Gasteiger partial charge on any atom is 0.463 e. The Morgan fingerprint density at radius 1 is 1.22 bits per heavy atom. The Bertz CT molecular complexity index is 475. The highest BCUT2D eigenvalue weighted by Crippen LogP contribution is 2.36. The van der Waals surface area contributed by atoms with Crippen LogP contribution >= 0.6 is 11.6 Å². The summed E-state index contributed by atoms with van der Waals surface area (Å²) in [5.41, 5.74) is 4.68. The number of nitrogen functional groups attached to an aromatic ring is 1. The molecule has 0 saturated carbocycles. The number of amides is 1. The fraction of sp³-hybridized carbons (Fsp3) is 0.222. The summed E-state index contributed by atoms with van der Waals surface area (Å²) >= 11 is 5.49. The summed E-state index contributed by atoms with van der Waals surface area (Å²) in [6.45, 7) is 0. The number of rotatable bonds is 2. The number of alkyl halides is 5. The zero-order chi connectivity index (χ0) is 14.1. The van der Waals surface area contributed by atoms with Crippen LogP contribution in [0.3, 0.4) is 0 Å². The molecule has 0 aromatic heterocycles. The summed E-state index contributed by atoms with van der Waals surface area (Å²) in [6, 6.07) is 3.40. The van der Waals surface area contributed by atoms with E-state index in [9.17, 15) is 26.7 Å². The van der Waals surface area contributed by atoms with Crippen molar-refractivity contribution < 1.29 is 26.7 Å². The highest BCUT2D eigenvalue weighted by Gasteiger charge is 2.63. The summed E-state index contributed by atoms with van der Waals surface area (Å²) < 4.78 is 61.0. The molecule has 18 heavy (non-hydrogen) atoms. The predicted molar refractivity (Wildman–Crippen MR) is 55.5 cm³/mol. The molecule has 0 radical (unpaired) electrons. The van der Waals surface area contributed by atoms with Crippen molar-refractivity contribution in [2.24, 2.45) is 0 Å². The van der Waals surface area contributed by atoms with Crippen LogP contribution in [0.15, 0.2) is 18.2 Å². The number of nitrogens with two attached hydrogens (primary N) is 1. The summed E-state index contributed by atoms with van der Waals surface area (Å²) in [5.74, 6) is -8.04. The first-order valence-corrected chi connectivity index (χ1v) is 4.74. The number of benzene rings is 1. The zero-order valence-electron chi connectivity index (χ0n) is 8.49. The second-order valence-electron chi connectivity index (χ2n) is 3.26. The van der Waals surface area contributed by atoms with Gasteiger partial charge in [0.25, 0.3) is 0 Å². The van der Waals surface area contributed by atoms with E-state index < -0.39 is 23.7 Å². The van der Waals surface area contributed by atoms with Crippen LogP contribution in [0.25, 0.3) is 0 Å². The fourth-order valence-corrected chi connectivity index (χ4v) is 1.14. The molecule has 0 heterocycles. The van der Waals surface area contributed by atoms with Gasteiger partial charge in [0.15, 0.2) is 0 Å². The molecule has 0 fully saturated rings. The summed E-state index contributed by atoms with van der Waals surface area (Å²) in [7, 11) is 0. The van der Waals surface area contributed by atoms with Crippen molar-refractivity contribution >= 4 is 28.9 Å².